The largest absolute Gasteiger partial charge is 0.416 e. The van der Waals surface area contributed by atoms with Gasteiger partial charge in [-0.05, 0) is 31.0 Å². The first-order chi connectivity index (χ1) is 9.72. The zero-order valence-electron chi connectivity index (χ0n) is 11.0. The Morgan fingerprint density at radius 1 is 1.33 bits per heavy atom. The van der Waals surface area contributed by atoms with Gasteiger partial charge in [0.1, 0.15) is 5.54 Å². The van der Waals surface area contributed by atoms with Crippen LogP contribution in [0.3, 0.4) is 0 Å². The zero-order valence-corrected chi connectivity index (χ0v) is 11.7. The molecule has 1 aromatic rings. The van der Waals surface area contributed by atoms with Crippen molar-refractivity contribution < 1.29 is 22.7 Å². The summed E-state index contributed by atoms with van der Waals surface area (Å²) in [5, 5.41) is 2.40. The second-order valence-electron chi connectivity index (χ2n) is 4.92. The number of nitrogens with one attached hydrogen (secondary N) is 1. The topological polar surface area (TPSA) is 64.4 Å². The van der Waals surface area contributed by atoms with Gasteiger partial charge in [0.25, 0.3) is 0 Å². The van der Waals surface area contributed by atoms with E-state index in [1.54, 1.807) is 0 Å². The van der Waals surface area contributed by atoms with Gasteiger partial charge in [-0.2, -0.15) is 13.2 Å². The van der Waals surface area contributed by atoms with Gasteiger partial charge in [-0.3, -0.25) is 4.79 Å². The van der Waals surface area contributed by atoms with Gasteiger partial charge < -0.3 is 15.8 Å². The van der Waals surface area contributed by atoms with Crippen LogP contribution in [0.5, 0.6) is 0 Å². The second kappa shape index (κ2) is 5.82. The highest BCUT2D eigenvalue weighted by molar-refractivity contribution is 6.33. The molecule has 1 heterocycles. The third-order valence-corrected chi connectivity index (χ3v) is 3.71. The highest BCUT2D eigenvalue weighted by Gasteiger charge is 2.37. The first-order valence-corrected chi connectivity index (χ1v) is 6.65. The van der Waals surface area contributed by atoms with Gasteiger partial charge in [-0.25, -0.2) is 0 Å². The maximum atomic E-state index is 12.7. The lowest BCUT2D eigenvalue weighted by atomic mass is 9.90. The minimum Gasteiger partial charge on any atom is -0.381 e. The van der Waals surface area contributed by atoms with Crippen LogP contribution in [-0.4, -0.2) is 24.7 Å². The van der Waals surface area contributed by atoms with E-state index < -0.39 is 23.2 Å². The van der Waals surface area contributed by atoms with Gasteiger partial charge in [0.2, 0.25) is 5.91 Å². The van der Waals surface area contributed by atoms with Gasteiger partial charge in [-0.1, -0.05) is 11.6 Å². The first kappa shape index (κ1) is 16.1. The lowest BCUT2D eigenvalue weighted by Gasteiger charge is -2.31. The molecule has 4 nitrogen and oxygen atoms in total. The highest BCUT2D eigenvalue weighted by atomic mass is 35.5. The van der Waals surface area contributed by atoms with E-state index in [4.69, 9.17) is 22.1 Å². The van der Waals surface area contributed by atoms with Crippen LogP contribution in [0.2, 0.25) is 5.02 Å². The SMILES string of the molecule is NC1(C(=O)Nc2cc(C(F)(F)F)ccc2Cl)CCOCC1. The molecule has 1 aliphatic heterocycles. The maximum Gasteiger partial charge on any atom is 0.416 e. The number of carbonyl (C=O) groups is 1. The minimum atomic E-state index is -4.51. The molecular weight excluding hydrogens is 309 g/mol. The number of halogens is 4. The molecule has 1 fully saturated rings. The van der Waals surface area contributed by atoms with E-state index in [0.29, 0.717) is 26.1 Å². The van der Waals surface area contributed by atoms with Gasteiger partial charge in [-0.15, -0.1) is 0 Å². The summed E-state index contributed by atoms with van der Waals surface area (Å²) in [5.74, 6) is -0.563. The predicted molar refractivity (Wildman–Crippen MR) is 72.1 cm³/mol. The number of hydrogen-bond acceptors (Lipinski definition) is 3. The Labute approximate surface area is 124 Å². The average Bonchev–Trinajstić information content (AvgIpc) is 2.40. The Kier molecular flexibility index (Phi) is 4.46. The predicted octanol–water partition coefficient (Wildman–Crippen LogP) is 2.81. The molecule has 0 unspecified atom stereocenters. The maximum absolute atomic E-state index is 12.7. The molecule has 1 saturated heterocycles. The highest BCUT2D eigenvalue weighted by Crippen LogP contribution is 2.34. The standard InChI is InChI=1S/C13H14ClF3N2O2/c14-9-2-1-8(13(15,16)17)7-10(9)19-11(20)12(18)3-5-21-6-4-12/h1-2,7H,3-6,18H2,(H,19,20). The van der Waals surface area contributed by atoms with Crippen molar-refractivity contribution in [3.63, 3.8) is 0 Å². The molecule has 0 saturated carbocycles. The summed E-state index contributed by atoms with van der Waals surface area (Å²) < 4.78 is 43.1. The molecule has 1 aromatic carbocycles. The number of nitrogens with two attached hydrogens (primary N) is 1. The molecule has 0 radical (unpaired) electrons. The van der Waals surface area contributed by atoms with Crippen LogP contribution in [0.4, 0.5) is 18.9 Å². The van der Waals surface area contributed by atoms with Crippen LogP contribution in [0.1, 0.15) is 18.4 Å². The number of carbonyl (C=O) groups excluding carboxylic acids is 1. The molecule has 0 aromatic heterocycles. The lowest BCUT2D eigenvalue weighted by Crippen LogP contribution is -2.54. The number of amides is 1. The molecule has 1 aliphatic rings. The van der Waals surface area contributed by atoms with Crippen LogP contribution >= 0.6 is 11.6 Å². The van der Waals surface area contributed by atoms with Crippen LogP contribution in [0, 0.1) is 0 Å². The Morgan fingerprint density at radius 2 is 1.95 bits per heavy atom. The van der Waals surface area contributed by atoms with Gasteiger partial charge in [0, 0.05) is 13.2 Å². The van der Waals surface area contributed by atoms with E-state index in [2.05, 4.69) is 5.32 Å². The van der Waals surface area contributed by atoms with Gasteiger partial charge in [0.15, 0.2) is 0 Å². The van der Waals surface area contributed by atoms with Crippen LogP contribution in [0.15, 0.2) is 18.2 Å². The van der Waals surface area contributed by atoms with E-state index in [1.807, 2.05) is 0 Å². The van der Waals surface area contributed by atoms with E-state index >= 15 is 0 Å². The molecule has 0 bridgehead atoms. The summed E-state index contributed by atoms with van der Waals surface area (Å²) >= 11 is 5.83. The summed E-state index contributed by atoms with van der Waals surface area (Å²) in [4.78, 5) is 12.2. The summed E-state index contributed by atoms with van der Waals surface area (Å²) in [6.45, 7) is 0.667. The van der Waals surface area contributed by atoms with Crippen molar-refractivity contribution in [2.75, 3.05) is 18.5 Å². The Hall–Kier alpha value is -1.31. The average molecular weight is 323 g/mol. The normalized spacial score (nSPS) is 18.3. The summed E-state index contributed by atoms with van der Waals surface area (Å²) in [6.07, 6.45) is -3.91. The van der Waals surface area contributed by atoms with Crippen molar-refractivity contribution in [1.82, 2.24) is 0 Å². The minimum absolute atomic E-state index is 0.0204. The molecule has 0 atom stereocenters. The molecular formula is C13H14ClF3N2O2. The molecule has 8 heteroatoms. The Morgan fingerprint density at radius 3 is 2.52 bits per heavy atom. The molecule has 3 N–H and O–H groups in total. The van der Waals surface area contributed by atoms with E-state index in [1.165, 1.54) is 0 Å². The number of hydrogen-bond donors (Lipinski definition) is 2. The third-order valence-electron chi connectivity index (χ3n) is 3.38. The van der Waals surface area contributed by atoms with Gasteiger partial charge >= 0.3 is 6.18 Å². The second-order valence-corrected chi connectivity index (χ2v) is 5.32. The van der Waals surface area contributed by atoms with Gasteiger partial charge in [0.05, 0.1) is 16.3 Å². The quantitative estimate of drug-likeness (QED) is 0.880. The molecule has 21 heavy (non-hydrogen) atoms. The Balaban J connectivity index is 2.20. The number of benzene rings is 1. The fourth-order valence-corrected chi connectivity index (χ4v) is 2.17. The molecule has 0 spiro atoms. The third kappa shape index (κ3) is 3.66. The number of rotatable bonds is 2. The van der Waals surface area contributed by atoms with Crippen molar-refractivity contribution >= 4 is 23.2 Å². The molecule has 116 valence electrons. The number of alkyl halides is 3. The Bertz CT molecular complexity index is 543. The monoisotopic (exact) mass is 322 g/mol. The van der Waals surface area contributed by atoms with E-state index in [9.17, 15) is 18.0 Å². The zero-order chi connectivity index (χ0) is 15.7. The van der Waals surface area contributed by atoms with E-state index in [0.717, 1.165) is 18.2 Å². The summed E-state index contributed by atoms with van der Waals surface area (Å²) in [6, 6.07) is 2.74. The summed E-state index contributed by atoms with van der Waals surface area (Å²) in [5.41, 5.74) is 3.82. The molecule has 2 rings (SSSR count). The van der Waals surface area contributed by atoms with E-state index in [-0.39, 0.29) is 10.7 Å². The fraction of sp³-hybridized carbons (Fsp3) is 0.462. The van der Waals surface area contributed by atoms with Crippen molar-refractivity contribution in [3.8, 4) is 0 Å². The lowest BCUT2D eigenvalue weighted by molar-refractivity contribution is -0.137. The van der Waals surface area contributed by atoms with Crippen molar-refractivity contribution in [2.24, 2.45) is 5.73 Å². The molecule has 0 aliphatic carbocycles. The fourth-order valence-electron chi connectivity index (χ4n) is 2.01. The van der Waals surface area contributed by atoms with Crippen LogP contribution in [0.25, 0.3) is 0 Å². The number of anilines is 1. The smallest absolute Gasteiger partial charge is 0.381 e. The first-order valence-electron chi connectivity index (χ1n) is 6.27. The van der Waals surface area contributed by atoms with Crippen molar-refractivity contribution in [2.45, 2.75) is 24.6 Å². The van der Waals surface area contributed by atoms with Crippen LogP contribution < -0.4 is 11.1 Å². The van der Waals surface area contributed by atoms with Crippen molar-refractivity contribution in [3.05, 3.63) is 28.8 Å². The summed E-state index contributed by atoms with van der Waals surface area (Å²) in [7, 11) is 0. The number of ether oxygens (including phenoxy) is 1. The molecule has 1 amide bonds. The van der Waals surface area contributed by atoms with Crippen LogP contribution in [-0.2, 0) is 15.7 Å². The van der Waals surface area contributed by atoms with Crippen molar-refractivity contribution in [1.29, 1.82) is 0 Å².